The van der Waals surface area contributed by atoms with E-state index in [9.17, 15) is 0 Å². The second kappa shape index (κ2) is 4.98. The van der Waals surface area contributed by atoms with Gasteiger partial charge in [-0.25, -0.2) is 0 Å². The van der Waals surface area contributed by atoms with Gasteiger partial charge in [-0.2, -0.15) is 0 Å². The summed E-state index contributed by atoms with van der Waals surface area (Å²) in [5.74, 6) is 0. The van der Waals surface area contributed by atoms with E-state index in [0.29, 0.717) is 5.25 Å². The molecule has 1 aliphatic rings. The molecule has 1 heterocycles. The lowest BCUT2D eigenvalue weighted by Gasteiger charge is -2.10. The van der Waals surface area contributed by atoms with E-state index in [1.807, 2.05) is 19.1 Å². The van der Waals surface area contributed by atoms with E-state index >= 15 is 0 Å². The summed E-state index contributed by atoms with van der Waals surface area (Å²) >= 11 is 11.4. The molecule has 1 aliphatic heterocycles. The van der Waals surface area contributed by atoms with Crippen molar-refractivity contribution in [3.05, 3.63) is 27.2 Å². The highest BCUT2D eigenvalue weighted by Gasteiger charge is 2.16. The van der Waals surface area contributed by atoms with Crippen molar-refractivity contribution >= 4 is 50.1 Å². The summed E-state index contributed by atoms with van der Waals surface area (Å²) in [6.07, 6.45) is 0. The van der Waals surface area contributed by atoms with Crippen LogP contribution in [-0.2, 0) is 0 Å². The van der Waals surface area contributed by atoms with Crippen molar-refractivity contribution in [1.82, 2.24) is 0 Å². The maximum Gasteiger partial charge on any atom is 0.161 e. The lowest BCUT2D eigenvalue weighted by Crippen LogP contribution is -2.06. The molecule has 1 aromatic rings. The summed E-state index contributed by atoms with van der Waals surface area (Å²) < 4.78 is 1.01. The highest BCUT2D eigenvalue weighted by atomic mass is 79.9. The van der Waals surface area contributed by atoms with Crippen molar-refractivity contribution in [3.63, 3.8) is 0 Å². The molecule has 1 aromatic carbocycles. The van der Waals surface area contributed by atoms with Crippen LogP contribution < -0.4 is 5.32 Å². The summed E-state index contributed by atoms with van der Waals surface area (Å²) in [5, 5.41) is 5.58. The van der Waals surface area contributed by atoms with Gasteiger partial charge in [0.25, 0.3) is 0 Å². The number of hydrogen-bond donors (Lipinski definition) is 1. The first kappa shape index (κ1) is 12.3. The second-order valence-corrected chi connectivity index (χ2v) is 6.47. The SMILES string of the molecule is Cc1cc(Br)c(NC2=NCC(C)S2)cc1Cl. The molecule has 0 aromatic heterocycles. The summed E-state index contributed by atoms with van der Waals surface area (Å²) in [6.45, 7) is 5.03. The summed E-state index contributed by atoms with van der Waals surface area (Å²) in [5.41, 5.74) is 2.03. The molecule has 0 amide bonds. The van der Waals surface area contributed by atoms with Gasteiger partial charge in [-0.15, -0.1) is 0 Å². The third-order valence-electron chi connectivity index (χ3n) is 2.29. The maximum absolute atomic E-state index is 6.09. The van der Waals surface area contributed by atoms with Crippen LogP contribution in [0.15, 0.2) is 21.6 Å². The van der Waals surface area contributed by atoms with Crippen molar-refractivity contribution < 1.29 is 0 Å². The van der Waals surface area contributed by atoms with E-state index in [1.165, 1.54) is 0 Å². The Bertz CT molecular complexity index is 448. The van der Waals surface area contributed by atoms with Gasteiger partial charge in [0.2, 0.25) is 0 Å². The number of nitrogens with one attached hydrogen (secondary N) is 1. The highest BCUT2D eigenvalue weighted by Crippen LogP contribution is 2.31. The molecule has 0 aliphatic carbocycles. The van der Waals surface area contributed by atoms with Gasteiger partial charge in [-0.1, -0.05) is 30.3 Å². The first-order valence-corrected chi connectivity index (χ1v) is 7.05. The maximum atomic E-state index is 6.09. The number of amidine groups is 1. The standard InChI is InChI=1S/C11H12BrClN2S/c1-6-3-8(12)10(4-9(6)13)15-11-14-5-7(2)16-11/h3-4,7H,5H2,1-2H3,(H,14,15). The highest BCUT2D eigenvalue weighted by molar-refractivity contribution is 9.10. The molecule has 2 rings (SSSR count). The number of halogens is 2. The average Bonchev–Trinajstić information content (AvgIpc) is 2.60. The predicted molar refractivity (Wildman–Crippen MR) is 76.9 cm³/mol. The molecule has 1 unspecified atom stereocenters. The van der Waals surface area contributed by atoms with Gasteiger partial charge in [0.05, 0.1) is 12.2 Å². The van der Waals surface area contributed by atoms with Crippen molar-refractivity contribution in [2.24, 2.45) is 4.99 Å². The van der Waals surface area contributed by atoms with E-state index in [0.717, 1.165) is 32.5 Å². The van der Waals surface area contributed by atoms with Crippen LogP contribution in [-0.4, -0.2) is 17.0 Å². The minimum absolute atomic E-state index is 0.558. The molecule has 1 atom stereocenters. The fraction of sp³-hybridized carbons (Fsp3) is 0.364. The summed E-state index contributed by atoms with van der Waals surface area (Å²) in [7, 11) is 0. The smallest absolute Gasteiger partial charge is 0.161 e. The molecular weight excluding hydrogens is 308 g/mol. The Morgan fingerprint density at radius 2 is 2.31 bits per heavy atom. The molecule has 5 heteroatoms. The zero-order valence-electron chi connectivity index (χ0n) is 9.05. The zero-order valence-corrected chi connectivity index (χ0v) is 12.2. The van der Waals surface area contributed by atoms with Gasteiger partial charge in [0.1, 0.15) is 0 Å². The van der Waals surface area contributed by atoms with Crippen LogP contribution in [0.25, 0.3) is 0 Å². The van der Waals surface area contributed by atoms with Crippen LogP contribution in [0, 0.1) is 6.92 Å². The van der Waals surface area contributed by atoms with Crippen LogP contribution in [0.5, 0.6) is 0 Å². The molecule has 0 fully saturated rings. The Balaban J connectivity index is 2.19. The Kier molecular flexibility index (Phi) is 3.82. The van der Waals surface area contributed by atoms with Crippen LogP contribution in [0.1, 0.15) is 12.5 Å². The Hall–Kier alpha value is -0.190. The topological polar surface area (TPSA) is 24.4 Å². The van der Waals surface area contributed by atoms with Crippen molar-refractivity contribution in [3.8, 4) is 0 Å². The molecule has 16 heavy (non-hydrogen) atoms. The first-order chi connectivity index (χ1) is 7.56. The van der Waals surface area contributed by atoms with Gasteiger partial charge in [-0.3, -0.25) is 4.99 Å². The lowest BCUT2D eigenvalue weighted by atomic mass is 10.2. The van der Waals surface area contributed by atoms with Crippen LogP contribution in [0.3, 0.4) is 0 Å². The van der Waals surface area contributed by atoms with E-state index in [4.69, 9.17) is 11.6 Å². The number of aliphatic imine (C=N–C) groups is 1. The van der Waals surface area contributed by atoms with Crippen LogP contribution in [0.2, 0.25) is 5.02 Å². The molecule has 1 N–H and O–H groups in total. The van der Waals surface area contributed by atoms with Crippen molar-refractivity contribution in [2.45, 2.75) is 19.1 Å². The third kappa shape index (κ3) is 2.73. The fourth-order valence-electron chi connectivity index (χ4n) is 1.40. The van der Waals surface area contributed by atoms with E-state index in [1.54, 1.807) is 11.8 Å². The minimum Gasteiger partial charge on any atom is -0.334 e. The Morgan fingerprint density at radius 1 is 1.56 bits per heavy atom. The summed E-state index contributed by atoms with van der Waals surface area (Å²) in [6, 6.07) is 3.93. The van der Waals surface area contributed by atoms with Gasteiger partial charge in [-0.05, 0) is 40.5 Å². The van der Waals surface area contributed by atoms with Crippen LogP contribution in [0.4, 0.5) is 5.69 Å². The Labute approximate surface area is 113 Å². The molecule has 0 saturated heterocycles. The number of anilines is 1. The van der Waals surface area contributed by atoms with Crippen molar-refractivity contribution in [1.29, 1.82) is 0 Å². The molecule has 0 bridgehead atoms. The first-order valence-electron chi connectivity index (χ1n) is 5.00. The third-order valence-corrected chi connectivity index (χ3v) is 4.36. The number of benzene rings is 1. The Morgan fingerprint density at radius 3 is 2.94 bits per heavy atom. The van der Waals surface area contributed by atoms with Gasteiger partial charge in [0, 0.05) is 14.7 Å². The van der Waals surface area contributed by atoms with E-state index < -0.39 is 0 Å². The van der Waals surface area contributed by atoms with Gasteiger partial charge >= 0.3 is 0 Å². The molecular formula is C11H12BrClN2S. The average molecular weight is 320 g/mol. The largest absolute Gasteiger partial charge is 0.334 e. The fourth-order valence-corrected chi connectivity index (χ4v) is 2.97. The lowest BCUT2D eigenvalue weighted by molar-refractivity contribution is 0.976. The van der Waals surface area contributed by atoms with Gasteiger partial charge < -0.3 is 5.32 Å². The molecule has 0 radical (unpaired) electrons. The van der Waals surface area contributed by atoms with Gasteiger partial charge in [0.15, 0.2) is 5.17 Å². The number of nitrogens with zero attached hydrogens (tertiary/aromatic N) is 1. The van der Waals surface area contributed by atoms with E-state index in [-0.39, 0.29) is 0 Å². The van der Waals surface area contributed by atoms with E-state index in [2.05, 4.69) is 33.2 Å². The summed E-state index contributed by atoms with van der Waals surface area (Å²) in [4.78, 5) is 4.41. The number of hydrogen-bond acceptors (Lipinski definition) is 3. The predicted octanol–water partition coefficient (Wildman–Crippen LogP) is 4.31. The van der Waals surface area contributed by atoms with Crippen molar-refractivity contribution in [2.75, 3.05) is 11.9 Å². The number of rotatable bonds is 1. The number of aryl methyl sites for hydroxylation is 1. The minimum atomic E-state index is 0.558. The number of thioether (sulfide) groups is 1. The zero-order chi connectivity index (χ0) is 11.7. The van der Waals surface area contributed by atoms with Crippen LogP contribution >= 0.6 is 39.3 Å². The quantitative estimate of drug-likeness (QED) is 0.834. The second-order valence-electron chi connectivity index (χ2n) is 3.78. The monoisotopic (exact) mass is 318 g/mol. The normalized spacial score (nSPS) is 19.8. The molecule has 0 saturated carbocycles. The molecule has 0 spiro atoms. The molecule has 2 nitrogen and oxygen atoms in total. The molecule has 86 valence electrons.